The Kier molecular flexibility index (Phi) is 3.52. The van der Waals surface area contributed by atoms with Crippen molar-refractivity contribution in [2.75, 3.05) is 0 Å². The Morgan fingerprint density at radius 3 is 2.83 bits per heavy atom. The van der Waals surface area contributed by atoms with E-state index in [2.05, 4.69) is 15.9 Å². The molecule has 0 bridgehead atoms. The van der Waals surface area contributed by atoms with Crippen molar-refractivity contribution in [2.45, 2.75) is 19.4 Å². The fourth-order valence-electron chi connectivity index (χ4n) is 2.10. The number of nitrogens with zero attached hydrogens (tertiary/aromatic N) is 1. The summed E-state index contributed by atoms with van der Waals surface area (Å²) in [5.41, 5.74) is 1.26. The van der Waals surface area contributed by atoms with E-state index in [1.165, 1.54) is 0 Å². The molecule has 5 heteroatoms. The number of hydrogen-bond acceptors (Lipinski definition) is 2. The minimum atomic E-state index is -0.894. The largest absolute Gasteiger partial charge is 0.480 e. The average molecular weight is 310 g/mol. The van der Waals surface area contributed by atoms with Crippen LogP contribution >= 0.6 is 15.9 Å². The number of halogens is 1. The van der Waals surface area contributed by atoms with Gasteiger partial charge >= 0.3 is 5.97 Å². The van der Waals surface area contributed by atoms with E-state index in [1.807, 2.05) is 25.1 Å². The molecule has 2 aromatic rings. The first-order valence-electron chi connectivity index (χ1n) is 5.56. The van der Waals surface area contributed by atoms with Crippen molar-refractivity contribution in [3.05, 3.63) is 34.4 Å². The molecule has 1 unspecified atom stereocenters. The van der Waals surface area contributed by atoms with E-state index < -0.39 is 12.0 Å². The first-order chi connectivity index (χ1) is 8.58. The molecule has 0 spiro atoms. The minimum absolute atomic E-state index is 0.466. The molecule has 18 heavy (non-hydrogen) atoms. The van der Waals surface area contributed by atoms with Crippen molar-refractivity contribution in [3.8, 4) is 0 Å². The van der Waals surface area contributed by atoms with Gasteiger partial charge in [-0.15, -0.1) is 0 Å². The Balaban J connectivity index is 2.72. The summed E-state index contributed by atoms with van der Waals surface area (Å²) in [6.45, 7) is 1.81. The normalized spacial score (nSPS) is 12.6. The molecule has 1 atom stereocenters. The maximum atomic E-state index is 11.2. The van der Waals surface area contributed by atoms with Crippen LogP contribution < -0.4 is 0 Å². The van der Waals surface area contributed by atoms with Gasteiger partial charge in [-0.2, -0.15) is 0 Å². The molecular weight excluding hydrogens is 298 g/mol. The van der Waals surface area contributed by atoms with Crippen LogP contribution in [0.15, 0.2) is 28.9 Å². The maximum absolute atomic E-state index is 11.2. The van der Waals surface area contributed by atoms with Crippen LogP contribution in [0.5, 0.6) is 0 Å². The van der Waals surface area contributed by atoms with Crippen LogP contribution in [0.2, 0.25) is 0 Å². The zero-order valence-corrected chi connectivity index (χ0v) is 11.3. The van der Waals surface area contributed by atoms with Crippen molar-refractivity contribution >= 4 is 39.1 Å². The lowest BCUT2D eigenvalue weighted by atomic mass is 10.2. The molecule has 94 valence electrons. The molecule has 0 amide bonds. The smallest absolute Gasteiger partial charge is 0.326 e. The van der Waals surface area contributed by atoms with E-state index >= 15 is 0 Å². The van der Waals surface area contributed by atoms with Crippen molar-refractivity contribution in [1.29, 1.82) is 0 Å². The summed E-state index contributed by atoms with van der Waals surface area (Å²) >= 11 is 3.35. The molecule has 1 N–H and O–H groups in total. The van der Waals surface area contributed by atoms with E-state index in [4.69, 9.17) is 0 Å². The standard InChI is InChI=1S/C13H12BrNO3/c1-2-11(13(17)18)15-6-8(7-16)10-5-9(14)3-4-12(10)15/h3-7,11H,2H2,1H3,(H,17,18). The monoisotopic (exact) mass is 309 g/mol. The van der Waals surface area contributed by atoms with Gasteiger partial charge in [0.25, 0.3) is 0 Å². The van der Waals surface area contributed by atoms with Gasteiger partial charge in [-0.05, 0) is 24.6 Å². The molecule has 0 saturated carbocycles. The Bertz CT molecular complexity index is 618. The fourth-order valence-corrected chi connectivity index (χ4v) is 2.46. The third-order valence-electron chi connectivity index (χ3n) is 2.96. The second-order valence-corrected chi connectivity index (χ2v) is 4.95. The van der Waals surface area contributed by atoms with Gasteiger partial charge in [0, 0.05) is 27.1 Å². The Morgan fingerprint density at radius 1 is 1.56 bits per heavy atom. The lowest BCUT2D eigenvalue weighted by Gasteiger charge is -2.13. The molecule has 2 rings (SSSR count). The summed E-state index contributed by atoms with van der Waals surface area (Å²) in [5, 5.41) is 9.97. The fraction of sp³-hybridized carbons (Fsp3) is 0.231. The van der Waals surface area contributed by atoms with Crippen molar-refractivity contribution in [1.82, 2.24) is 4.57 Å². The second-order valence-electron chi connectivity index (χ2n) is 4.03. The number of carboxylic acids is 1. The predicted octanol–water partition coefficient (Wildman–Crippen LogP) is 3.25. The zero-order chi connectivity index (χ0) is 13.3. The average Bonchev–Trinajstić information content (AvgIpc) is 2.68. The second kappa shape index (κ2) is 4.94. The summed E-state index contributed by atoms with van der Waals surface area (Å²) in [5.74, 6) is -0.894. The summed E-state index contributed by atoms with van der Waals surface area (Å²) in [6, 6.07) is 4.83. The van der Waals surface area contributed by atoms with Crippen LogP contribution in [0.25, 0.3) is 10.9 Å². The lowest BCUT2D eigenvalue weighted by molar-refractivity contribution is -0.140. The number of carbonyl (C=O) groups excluding carboxylic acids is 1. The van der Waals surface area contributed by atoms with E-state index in [-0.39, 0.29) is 0 Å². The highest BCUT2D eigenvalue weighted by molar-refractivity contribution is 9.10. The number of fused-ring (bicyclic) bond motifs is 1. The third kappa shape index (κ3) is 2.06. The first-order valence-corrected chi connectivity index (χ1v) is 6.35. The maximum Gasteiger partial charge on any atom is 0.326 e. The highest BCUT2D eigenvalue weighted by Gasteiger charge is 2.20. The van der Waals surface area contributed by atoms with E-state index in [1.54, 1.807) is 10.8 Å². The van der Waals surface area contributed by atoms with Gasteiger partial charge in [0.1, 0.15) is 6.04 Å². The molecule has 0 aliphatic rings. The van der Waals surface area contributed by atoms with Crippen molar-refractivity contribution in [3.63, 3.8) is 0 Å². The SMILES string of the molecule is CCC(C(=O)O)n1cc(C=O)c2cc(Br)ccc21. The van der Waals surface area contributed by atoms with E-state index in [0.29, 0.717) is 12.0 Å². The van der Waals surface area contributed by atoms with Gasteiger partial charge in [0.15, 0.2) is 6.29 Å². The van der Waals surface area contributed by atoms with Gasteiger partial charge in [0.2, 0.25) is 0 Å². The van der Waals surface area contributed by atoms with Gasteiger partial charge in [0.05, 0.1) is 0 Å². The lowest BCUT2D eigenvalue weighted by Crippen LogP contribution is -2.17. The number of hydrogen-bond donors (Lipinski definition) is 1. The summed E-state index contributed by atoms with van der Waals surface area (Å²) in [4.78, 5) is 22.3. The van der Waals surface area contributed by atoms with Gasteiger partial charge < -0.3 is 9.67 Å². The molecule has 0 aliphatic carbocycles. The molecule has 0 radical (unpaired) electrons. The Morgan fingerprint density at radius 2 is 2.28 bits per heavy atom. The van der Waals surface area contributed by atoms with Gasteiger partial charge in [-0.3, -0.25) is 4.79 Å². The summed E-state index contributed by atoms with van der Waals surface area (Å²) in [7, 11) is 0. The number of carboxylic acid groups (broad SMARTS) is 1. The molecule has 4 nitrogen and oxygen atoms in total. The van der Waals surface area contributed by atoms with Crippen LogP contribution in [0.3, 0.4) is 0 Å². The number of aliphatic carboxylic acids is 1. The van der Waals surface area contributed by atoms with E-state index in [9.17, 15) is 14.7 Å². The number of aromatic nitrogens is 1. The van der Waals surface area contributed by atoms with E-state index in [0.717, 1.165) is 21.7 Å². The molecule has 0 saturated heterocycles. The van der Waals surface area contributed by atoms with Crippen LogP contribution in [-0.2, 0) is 4.79 Å². The van der Waals surface area contributed by atoms with Crippen LogP contribution in [-0.4, -0.2) is 21.9 Å². The molecular formula is C13H12BrNO3. The van der Waals surface area contributed by atoms with Crippen molar-refractivity contribution in [2.24, 2.45) is 0 Å². The van der Waals surface area contributed by atoms with Crippen LogP contribution in [0.1, 0.15) is 29.7 Å². The summed E-state index contributed by atoms with van der Waals surface area (Å²) in [6.07, 6.45) is 2.82. The summed E-state index contributed by atoms with van der Waals surface area (Å²) < 4.78 is 2.51. The van der Waals surface area contributed by atoms with Crippen LogP contribution in [0, 0.1) is 0 Å². The predicted molar refractivity (Wildman–Crippen MR) is 72.0 cm³/mol. The molecule has 0 aliphatic heterocycles. The Hall–Kier alpha value is -1.62. The number of aldehydes is 1. The Labute approximate surface area is 112 Å². The van der Waals surface area contributed by atoms with Crippen LogP contribution in [0.4, 0.5) is 0 Å². The zero-order valence-electron chi connectivity index (χ0n) is 9.76. The number of carbonyl (C=O) groups is 2. The topological polar surface area (TPSA) is 59.3 Å². The highest BCUT2D eigenvalue weighted by Crippen LogP contribution is 2.28. The third-order valence-corrected chi connectivity index (χ3v) is 3.45. The van der Waals surface area contributed by atoms with Gasteiger partial charge in [-0.1, -0.05) is 22.9 Å². The molecule has 1 aromatic carbocycles. The highest BCUT2D eigenvalue weighted by atomic mass is 79.9. The van der Waals surface area contributed by atoms with Gasteiger partial charge in [-0.25, -0.2) is 4.79 Å². The molecule has 1 heterocycles. The number of rotatable bonds is 4. The van der Waals surface area contributed by atoms with Crippen molar-refractivity contribution < 1.29 is 14.7 Å². The first kappa shape index (κ1) is 12.8. The molecule has 1 aromatic heterocycles. The minimum Gasteiger partial charge on any atom is -0.480 e. The number of benzene rings is 1. The quantitative estimate of drug-likeness (QED) is 0.882. The molecule has 0 fully saturated rings.